The van der Waals surface area contributed by atoms with Crippen molar-refractivity contribution >= 4 is 0 Å². The molecule has 0 saturated carbocycles. The second-order valence-electron chi connectivity index (χ2n) is 4.44. The van der Waals surface area contributed by atoms with Gasteiger partial charge in [0.2, 0.25) is 0 Å². The van der Waals surface area contributed by atoms with Crippen LogP contribution in [0.1, 0.15) is 32.9 Å². The molecule has 0 aromatic carbocycles. The van der Waals surface area contributed by atoms with Gasteiger partial charge in [-0.3, -0.25) is 4.68 Å². The zero-order chi connectivity index (χ0) is 10.6. The predicted molar refractivity (Wildman–Crippen MR) is 59.0 cm³/mol. The lowest BCUT2D eigenvalue weighted by Crippen LogP contribution is -2.15. The predicted octanol–water partition coefficient (Wildman–Crippen LogP) is 1.82. The molecule has 80 valence electrons. The Morgan fingerprint density at radius 1 is 1.43 bits per heavy atom. The smallest absolute Gasteiger partial charge is 0.0625 e. The summed E-state index contributed by atoms with van der Waals surface area (Å²) in [6, 6.07) is 2.36. The molecule has 0 saturated heterocycles. The molecule has 1 aromatic rings. The maximum Gasteiger partial charge on any atom is 0.0625 e. The van der Waals surface area contributed by atoms with Gasteiger partial charge in [0.15, 0.2) is 0 Å². The van der Waals surface area contributed by atoms with E-state index in [9.17, 15) is 0 Å². The third-order valence-corrected chi connectivity index (χ3v) is 2.10. The highest BCUT2D eigenvalue weighted by Crippen LogP contribution is 2.04. The van der Waals surface area contributed by atoms with Crippen LogP contribution in [-0.4, -0.2) is 15.8 Å². The maximum atomic E-state index is 5.69. The van der Waals surface area contributed by atoms with Crippen LogP contribution in [0.15, 0.2) is 12.3 Å². The summed E-state index contributed by atoms with van der Waals surface area (Å²) >= 11 is 0. The molecule has 0 radical (unpaired) electrons. The molecule has 0 bridgehead atoms. The standard InChI is InChI=1S/C11H21N3/c1-9(2)8-14-7-6-11(13-14)5-4-10(3)12/h6-7,9-10H,4-5,8,12H2,1-3H3/t10-/m1/s1. The summed E-state index contributed by atoms with van der Waals surface area (Å²) < 4.78 is 2.02. The average molecular weight is 195 g/mol. The lowest BCUT2D eigenvalue weighted by Gasteiger charge is -2.04. The summed E-state index contributed by atoms with van der Waals surface area (Å²) in [5.41, 5.74) is 6.85. The Balaban J connectivity index is 2.42. The average Bonchev–Trinajstić information content (AvgIpc) is 2.47. The molecule has 3 heteroatoms. The van der Waals surface area contributed by atoms with Crippen molar-refractivity contribution in [2.45, 2.75) is 46.2 Å². The van der Waals surface area contributed by atoms with Crippen molar-refractivity contribution in [3.05, 3.63) is 18.0 Å². The molecule has 1 atom stereocenters. The molecule has 1 rings (SSSR count). The second-order valence-corrected chi connectivity index (χ2v) is 4.44. The molecule has 0 aliphatic rings. The van der Waals surface area contributed by atoms with E-state index in [1.54, 1.807) is 0 Å². The molecule has 0 fully saturated rings. The SMILES string of the molecule is CC(C)Cn1ccc(CC[C@@H](C)N)n1. The first-order valence-electron chi connectivity index (χ1n) is 5.36. The first kappa shape index (κ1) is 11.2. The minimum Gasteiger partial charge on any atom is -0.328 e. The van der Waals surface area contributed by atoms with Gasteiger partial charge in [0.1, 0.15) is 0 Å². The maximum absolute atomic E-state index is 5.69. The van der Waals surface area contributed by atoms with Gasteiger partial charge in [-0.15, -0.1) is 0 Å². The van der Waals surface area contributed by atoms with Gasteiger partial charge in [-0.1, -0.05) is 13.8 Å². The number of aryl methyl sites for hydroxylation is 1. The van der Waals surface area contributed by atoms with Crippen molar-refractivity contribution < 1.29 is 0 Å². The van der Waals surface area contributed by atoms with Crippen molar-refractivity contribution in [3.8, 4) is 0 Å². The summed E-state index contributed by atoms with van der Waals surface area (Å²) in [5.74, 6) is 0.649. The van der Waals surface area contributed by atoms with E-state index >= 15 is 0 Å². The van der Waals surface area contributed by atoms with Crippen LogP contribution in [0.2, 0.25) is 0 Å². The van der Waals surface area contributed by atoms with E-state index in [-0.39, 0.29) is 6.04 Å². The third-order valence-electron chi connectivity index (χ3n) is 2.10. The van der Waals surface area contributed by atoms with Crippen molar-refractivity contribution in [1.82, 2.24) is 9.78 Å². The van der Waals surface area contributed by atoms with Crippen molar-refractivity contribution in [2.24, 2.45) is 11.7 Å². The third kappa shape index (κ3) is 3.92. The van der Waals surface area contributed by atoms with Gasteiger partial charge >= 0.3 is 0 Å². The van der Waals surface area contributed by atoms with Crippen LogP contribution in [0.3, 0.4) is 0 Å². The van der Waals surface area contributed by atoms with Gasteiger partial charge in [0, 0.05) is 18.8 Å². The number of hydrogen-bond donors (Lipinski definition) is 1. The Bertz CT molecular complexity index is 263. The van der Waals surface area contributed by atoms with Gasteiger partial charge < -0.3 is 5.73 Å². The molecule has 0 unspecified atom stereocenters. The number of rotatable bonds is 5. The topological polar surface area (TPSA) is 43.8 Å². The van der Waals surface area contributed by atoms with Crippen LogP contribution in [-0.2, 0) is 13.0 Å². The van der Waals surface area contributed by atoms with Crippen LogP contribution >= 0.6 is 0 Å². The van der Waals surface area contributed by atoms with E-state index in [1.165, 1.54) is 0 Å². The van der Waals surface area contributed by atoms with Crippen LogP contribution in [0.25, 0.3) is 0 Å². The highest BCUT2D eigenvalue weighted by Gasteiger charge is 2.02. The van der Waals surface area contributed by atoms with E-state index in [0.717, 1.165) is 25.1 Å². The number of nitrogens with two attached hydrogens (primary N) is 1. The Labute approximate surface area is 86.3 Å². The number of aromatic nitrogens is 2. The van der Waals surface area contributed by atoms with Crippen molar-refractivity contribution in [1.29, 1.82) is 0 Å². The van der Waals surface area contributed by atoms with Crippen LogP contribution in [0, 0.1) is 5.92 Å². The van der Waals surface area contributed by atoms with Crippen LogP contribution < -0.4 is 5.73 Å². The Morgan fingerprint density at radius 3 is 2.71 bits per heavy atom. The second kappa shape index (κ2) is 5.15. The molecule has 0 aliphatic heterocycles. The van der Waals surface area contributed by atoms with Crippen LogP contribution in [0.4, 0.5) is 0 Å². The molecule has 0 spiro atoms. The molecule has 3 nitrogen and oxygen atoms in total. The molecule has 1 heterocycles. The van der Waals surface area contributed by atoms with E-state index in [1.807, 2.05) is 11.6 Å². The lowest BCUT2D eigenvalue weighted by molar-refractivity contribution is 0.478. The Hall–Kier alpha value is -0.830. The zero-order valence-corrected chi connectivity index (χ0v) is 9.40. The van der Waals surface area contributed by atoms with E-state index < -0.39 is 0 Å². The van der Waals surface area contributed by atoms with E-state index in [2.05, 4.69) is 31.2 Å². The lowest BCUT2D eigenvalue weighted by atomic mass is 10.1. The summed E-state index contributed by atoms with van der Waals surface area (Å²) in [6.45, 7) is 7.43. The van der Waals surface area contributed by atoms with E-state index in [0.29, 0.717) is 5.92 Å². The molecular weight excluding hydrogens is 174 g/mol. The molecule has 1 aromatic heterocycles. The highest BCUT2D eigenvalue weighted by molar-refractivity contribution is 4.99. The highest BCUT2D eigenvalue weighted by atomic mass is 15.3. The molecule has 0 amide bonds. The van der Waals surface area contributed by atoms with E-state index in [4.69, 9.17) is 5.73 Å². The molecule has 2 N–H and O–H groups in total. The fraction of sp³-hybridized carbons (Fsp3) is 0.727. The quantitative estimate of drug-likeness (QED) is 0.779. The fourth-order valence-corrected chi connectivity index (χ4v) is 1.39. The Kier molecular flexibility index (Phi) is 4.14. The summed E-state index contributed by atoms with van der Waals surface area (Å²) in [6.07, 6.45) is 4.05. The normalized spacial score (nSPS) is 13.5. The van der Waals surface area contributed by atoms with Crippen molar-refractivity contribution in [2.75, 3.05) is 0 Å². The van der Waals surface area contributed by atoms with Gasteiger partial charge in [0.05, 0.1) is 5.69 Å². The number of nitrogens with zero attached hydrogens (tertiary/aromatic N) is 2. The van der Waals surface area contributed by atoms with Crippen molar-refractivity contribution in [3.63, 3.8) is 0 Å². The summed E-state index contributed by atoms with van der Waals surface area (Å²) in [7, 11) is 0. The minimum atomic E-state index is 0.269. The summed E-state index contributed by atoms with van der Waals surface area (Å²) in [4.78, 5) is 0. The first-order valence-corrected chi connectivity index (χ1v) is 5.36. The molecule has 0 aliphatic carbocycles. The Morgan fingerprint density at radius 2 is 2.14 bits per heavy atom. The van der Waals surface area contributed by atoms with Gasteiger partial charge in [0.25, 0.3) is 0 Å². The molecule has 14 heavy (non-hydrogen) atoms. The van der Waals surface area contributed by atoms with Gasteiger partial charge in [-0.05, 0) is 31.7 Å². The minimum absolute atomic E-state index is 0.269. The van der Waals surface area contributed by atoms with Gasteiger partial charge in [-0.2, -0.15) is 5.10 Å². The first-order chi connectivity index (χ1) is 6.58. The summed E-state index contributed by atoms with van der Waals surface area (Å²) in [5, 5.41) is 4.48. The molecular formula is C11H21N3. The fourth-order valence-electron chi connectivity index (χ4n) is 1.39. The zero-order valence-electron chi connectivity index (χ0n) is 9.40. The van der Waals surface area contributed by atoms with Gasteiger partial charge in [-0.25, -0.2) is 0 Å². The number of hydrogen-bond acceptors (Lipinski definition) is 2. The monoisotopic (exact) mass is 195 g/mol. The largest absolute Gasteiger partial charge is 0.328 e. The van der Waals surface area contributed by atoms with Crippen LogP contribution in [0.5, 0.6) is 0 Å².